The van der Waals surface area contributed by atoms with Crippen molar-refractivity contribution in [1.82, 2.24) is 10.2 Å². The fraction of sp³-hybridized carbons (Fsp3) is 0.500. The fourth-order valence-electron chi connectivity index (χ4n) is 1.28. The molecule has 0 aliphatic carbocycles. The first-order chi connectivity index (χ1) is 8.12. The van der Waals surface area contributed by atoms with Crippen molar-refractivity contribution < 1.29 is 0 Å². The maximum atomic E-state index is 5.63. The Hall–Kier alpha value is -1.51. The third-order valence-electron chi connectivity index (χ3n) is 1.83. The van der Waals surface area contributed by atoms with Crippen molar-refractivity contribution in [2.75, 3.05) is 5.73 Å². The van der Waals surface area contributed by atoms with Crippen LogP contribution in [0.4, 0.5) is 5.82 Å². The van der Waals surface area contributed by atoms with Crippen LogP contribution in [0.1, 0.15) is 46.1 Å². The summed E-state index contributed by atoms with van der Waals surface area (Å²) in [6.07, 6.45) is 2.50. The van der Waals surface area contributed by atoms with Gasteiger partial charge in [0.05, 0.1) is 5.52 Å². The number of fused-ring (bicyclic) bond motifs is 1. The number of nitrogen functional groups attached to an aromatic ring is 1. The zero-order chi connectivity index (χ0) is 13.3. The number of rotatable bonds is 0. The molecule has 0 aliphatic heterocycles. The topological polar surface area (TPSA) is 54.7 Å². The van der Waals surface area contributed by atoms with E-state index in [1.165, 1.54) is 12.8 Å². The average Bonchev–Trinajstić information content (AvgIpc) is 2.64. The molecule has 3 heteroatoms. The third-order valence-corrected chi connectivity index (χ3v) is 1.83. The monoisotopic (exact) mass is 235 g/mol. The molecule has 0 saturated carbocycles. The second-order valence-electron chi connectivity index (χ2n) is 4.02. The normalized spacial score (nSPS) is 9.00. The fourth-order valence-corrected chi connectivity index (χ4v) is 1.28. The lowest BCUT2D eigenvalue weighted by molar-refractivity contribution is 1.09. The van der Waals surface area contributed by atoms with Crippen LogP contribution in [0, 0.1) is 6.92 Å². The van der Waals surface area contributed by atoms with Gasteiger partial charge in [0.1, 0.15) is 0 Å². The summed E-state index contributed by atoms with van der Waals surface area (Å²) >= 11 is 0. The summed E-state index contributed by atoms with van der Waals surface area (Å²) in [7, 11) is 0. The number of anilines is 1. The van der Waals surface area contributed by atoms with E-state index in [1.54, 1.807) is 0 Å². The van der Waals surface area contributed by atoms with E-state index in [0.717, 1.165) is 16.5 Å². The molecule has 96 valence electrons. The van der Waals surface area contributed by atoms with Crippen LogP contribution in [0.25, 0.3) is 10.9 Å². The maximum absolute atomic E-state index is 5.63. The molecule has 0 saturated heterocycles. The first-order valence-corrected chi connectivity index (χ1v) is 6.31. The Morgan fingerprint density at radius 1 is 1.12 bits per heavy atom. The molecule has 0 fully saturated rings. The Bertz CT molecular complexity index is 416. The van der Waals surface area contributed by atoms with Gasteiger partial charge in [-0.15, -0.1) is 0 Å². The van der Waals surface area contributed by atoms with Crippen molar-refractivity contribution in [2.24, 2.45) is 0 Å². The Labute approximate surface area is 104 Å². The first-order valence-electron chi connectivity index (χ1n) is 6.31. The molecule has 3 nitrogen and oxygen atoms in total. The number of aromatic amines is 1. The molecule has 0 aliphatic rings. The highest BCUT2D eigenvalue weighted by atomic mass is 15.1. The van der Waals surface area contributed by atoms with Crippen LogP contribution in [-0.4, -0.2) is 10.2 Å². The van der Waals surface area contributed by atoms with Crippen LogP contribution in [0.5, 0.6) is 0 Å². The second-order valence-corrected chi connectivity index (χ2v) is 4.02. The molecule has 0 spiro atoms. The molecule has 0 bridgehead atoms. The summed E-state index contributed by atoms with van der Waals surface area (Å²) in [6.45, 7) is 10.5. The molecule has 1 aromatic heterocycles. The van der Waals surface area contributed by atoms with E-state index in [2.05, 4.69) is 37.9 Å². The number of nitrogens with two attached hydrogens (primary N) is 1. The summed E-state index contributed by atoms with van der Waals surface area (Å²) in [6, 6.07) is 5.97. The summed E-state index contributed by atoms with van der Waals surface area (Å²) < 4.78 is 0. The molecule has 17 heavy (non-hydrogen) atoms. The summed E-state index contributed by atoms with van der Waals surface area (Å²) in [5, 5.41) is 7.80. The van der Waals surface area contributed by atoms with Crippen LogP contribution in [0.15, 0.2) is 18.2 Å². The number of aromatic nitrogens is 2. The lowest BCUT2D eigenvalue weighted by Crippen LogP contribution is -1.85. The minimum absolute atomic E-state index is 0.582. The van der Waals surface area contributed by atoms with Gasteiger partial charge in [0, 0.05) is 5.39 Å². The average molecular weight is 235 g/mol. The van der Waals surface area contributed by atoms with E-state index >= 15 is 0 Å². The van der Waals surface area contributed by atoms with Gasteiger partial charge in [-0.05, 0) is 18.6 Å². The molecule has 2 aromatic rings. The molecule has 0 unspecified atom stereocenters. The van der Waals surface area contributed by atoms with Gasteiger partial charge < -0.3 is 5.73 Å². The number of aryl methyl sites for hydroxylation is 1. The third kappa shape index (κ3) is 4.89. The van der Waals surface area contributed by atoms with Crippen molar-refractivity contribution in [1.29, 1.82) is 0 Å². The number of hydrogen-bond acceptors (Lipinski definition) is 2. The number of H-pyrrole nitrogens is 1. The Kier molecular flexibility index (Phi) is 7.85. The van der Waals surface area contributed by atoms with Gasteiger partial charge in [-0.3, -0.25) is 5.10 Å². The van der Waals surface area contributed by atoms with Gasteiger partial charge in [0.2, 0.25) is 0 Å². The highest BCUT2D eigenvalue weighted by molar-refractivity contribution is 5.91. The number of nitrogens with zero attached hydrogens (tertiary/aromatic N) is 1. The van der Waals surface area contributed by atoms with Crippen molar-refractivity contribution in [2.45, 2.75) is 47.5 Å². The summed E-state index contributed by atoms with van der Waals surface area (Å²) in [4.78, 5) is 0. The van der Waals surface area contributed by atoms with Crippen LogP contribution >= 0.6 is 0 Å². The molecular formula is C14H25N3. The van der Waals surface area contributed by atoms with Gasteiger partial charge in [0.15, 0.2) is 5.82 Å². The Balaban J connectivity index is 0.000000366. The van der Waals surface area contributed by atoms with Gasteiger partial charge in [-0.1, -0.05) is 52.7 Å². The molecule has 1 heterocycles. The van der Waals surface area contributed by atoms with E-state index in [-0.39, 0.29) is 0 Å². The zero-order valence-corrected chi connectivity index (χ0v) is 11.7. The predicted molar refractivity (Wildman–Crippen MR) is 77.2 cm³/mol. The molecule has 2 rings (SSSR count). The molecule has 1 aromatic carbocycles. The van der Waals surface area contributed by atoms with E-state index in [9.17, 15) is 0 Å². The van der Waals surface area contributed by atoms with Gasteiger partial charge in [-0.2, -0.15) is 5.10 Å². The predicted octanol–water partition coefficient (Wildman–Crippen LogP) is 4.29. The van der Waals surface area contributed by atoms with E-state index in [4.69, 9.17) is 5.73 Å². The lowest BCUT2D eigenvalue weighted by atomic mass is 10.1. The van der Waals surface area contributed by atoms with Gasteiger partial charge in [-0.25, -0.2) is 0 Å². The van der Waals surface area contributed by atoms with Crippen LogP contribution in [0.3, 0.4) is 0 Å². The lowest BCUT2D eigenvalue weighted by Gasteiger charge is -1.93. The van der Waals surface area contributed by atoms with Crippen molar-refractivity contribution in [3.8, 4) is 0 Å². The summed E-state index contributed by atoms with van der Waals surface area (Å²) in [5.41, 5.74) is 7.80. The second kappa shape index (κ2) is 8.62. The number of benzene rings is 1. The standard InChI is InChI=1S/C8H9N3.2C3H8/c1-5-3-2-4-6-7(5)8(9)11-10-6;2*1-3-2/h2-4H,1H3,(H3,9,10,11);2*3H2,1-2H3. The van der Waals surface area contributed by atoms with E-state index in [1.807, 2.05) is 25.1 Å². The Morgan fingerprint density at radius 3 is 2.12 bits per heavy atom. The van der Waals surface area contributed by atoms with Crippen LogP contribution in [-0.2, 0) is 0 Å². The van der Waals surface area contributed by atoms with Gasteiger partial charge in [0.25, 0.3) is 0 Å². The molecule has 0 atom stereocenters. The van der Waals surface area contributed by atoms with Crippen LogP contribution in [0.2, 0.25) is 0 Å². The van der Waals surface area contributed by atoms with Crippen molar-refractivity contribution in [3.05, 3.63) is 23.8 Å². The largest absolute Gasteiger partial charge is 0.382 e. The van der Waals surface area contributed by atoms with Crippen LogP contribution < -0.4 is 5.73 Å². The minimum Gasteiger partial charge on any atom is -0.382 e. The molecule has 0 radical (unpaired) electrons. The first kappa shape index (κ1) is 15.5. The molecule has 3 N–H and O–H groups in total. The highest BCUT2D eigenvalue weighted by Crippen LogP contribution is 2.20. The SMILES string of the molecule is CCC.CCC.Cc1cccc2[nH]nc(N)c12. The van der Waals surface area contributed by atoms with E-state index < -0.39 is 0 Å². The highest BCUT2D eigenvalue weighted by Gasteiger charge is 2.02. The number of hydrogen-bond donors (Lipinski definition) is 2. The zero-order valence-electron chi connectivity index (χ0n) is 11.7. The maximum Gasteiger partial charge on any atom is 0.153 e. The summed E-state index contributed by atoms with van der Waals surface area (Å²) in [5.74, 6) is 0.582. The van der Waals surface area contributed by atoms with Gasteiger partial charge >= 0.3 is 0 Å². The number of nitrogens with one attached hydrogen (secondary N) is 1. The van der Waals surface area contributed by atoms with Crippen molar-refractivity contribution in [3.63, 3.8) is 0 Å². The minimum atomic E-state index is 0.582. The quantitative estimate of drug-likeness (QED) is 0.715. The Morgan fingerprint density at radius 2 is 1.65 bits per heavy atom. The smallest absolute Gasteiger partial charge is 0.153 e. The molecule has 0 amide bonds. The van der Waals surface area contributed by atoms with Crippen molar-refractivity contribution >= 4 is 16.7 Å². The molecular weight excluding hydrogens is 210 g/mol. The van der Waals surface area contributed by atoms with E-state index in [0.29, 0.717) is 5.82 Å².